The van der Waals surface area contributed by atoms with Gasteiger partial charge in [-0.2, -0.15) is 0 Å². The molecular weight excluding hydrogens is 226 g/mol. The summed E-state index contributed by atoms with van der Waals surface area (Å²) in [5.74, 6) is 1.74. The maximum absolute atomic E-state index is 5.84. The van der Waals surface area contributed by atoms with Gasteiger partial charge >= 0.3 is 0 Å². The van der Waals surface area contributed by atoms with E-state index < -0.39 is 0 Å². The lowest BCUT2D eigenvalue weighted by atomic mass is 10.1. The standard InChI is InChI=1S/C15H21NO2/c1-17-13-4-2-3-11(9-13)10-16-14-7-8-18-15(14)12-5-6-12/h2-4,9,12,14-16H,5-8,10H2,1H3. The van der Waals surface area contributed by atoms with E-state index in [-0.39, 0.29) is 0 Å². The van der Waals surface area contributed by atoms with E-state index in [9.17, 15) is 0 Å². The zero-order chi connectivity index (χ0) is 12.4. The van der Waals surface area contributed by atoms with Gasteiger partial charge in [0, 0.05) is 19.2 Å². The zero-order valence-electron chi connectivity index (χ0n) is 10.9. The predicted molar refractivity (Wildman–Crippen MR) is 70.7 cm³/mol. The third kappa shape index (κ3) is 2.68. The van der Waals surface area contributed by atoms with Gasteiger partial charge in [-0.3, -0.25) is 0 Å². The molecule has 2 unspecified atom stereocenters. The van der Waals surface area contributed by atoms with Gasteiger partial charge in [-0.1, -0.05) is 12.1 Å². The molecule has 98 valence electrons. The third-order valence-electron chi connectivity index (χ3n) is 3.92. The van der Waals surface area contributed by atoms with Crippen LogP contribution in [0.4, 0.5) is 0 Å². The van der Waals surface area contributed by atoms with Gasteiger partial charge < -0.3 is 14.8 Å². The van der Waals surface area contributed by atoms with Gasteiger partial charge in [0.15, 0.2) is 0 Å². The minimum atomic E-state index is 0.454. The van der Waals surface area contributed by atoms with Crippen molar-refractivity contribution in [2.24, 2.45) is 5.92 Å². The summed E-state index contributed by atoms with van der Waals surface area (Å²) in [6, 6.07) is 8.78. The minimum absolute atomic E-state index is 0.454. The molecule has 1 saturated carbocycles. The van der Waals surface area contributed by atoms with Crippen LogP contribution in [0.15, 0.2) is 24.3 Å². The molecular formula is C15H21NO2. The number of benzene rings is 1. The second-order valence-corrected chi connectivity index (χ2v) is 5.30. The largest absolute Gasteiger partial charge is 0.497 e. The third-order valence-corrected chi connectivity index (χ3v) is 3.92. The second-order valence-electron chi connectivity index (χ2n) is 5.30. The summed E-state index contributed by atoms with van der Waals surface area (Å²) >= 11 is 0. The summed E-state index contributed by atoms with van der Waals surface area (Å²) in [6.45, 7) is 1.81. The normalized spacial score (nSPS) is 27.4. The zero-order valence-corrected chi connectivity index (χ0v) is 10.9. The molecule has 0 spiro atoms. The van der Waals surface area contributed by atoms with Crippen LogP contribution in [0.2, 0.25) is 0 Å². The van der Waals surface area contributed by atoms with Crippen molar-refractivity contribution in [1.82, 2.24) is 5.32 Å². The van der Waals surface area contributed by atoms with Gasteiger partial charge in [-0.25, -0.2) is 0 Å². The molecule has 0 aromatic heterocycles. The molecule has 1 saturated heterocycles. The van der Waals surface area contributed by atoms with Gasteiger partial charge in [0.25, 0.3) is 0 Å². The van der Waals surface area contributed by atoms with Crippen molar-refractivity contribution in [1.29, 1.82) is 0 Å². The topological polar surface area (TPSA) is 30.5 Å². The van der Waals surface area contributed by atoms with E-state index in [4.69, 9.17) is 9.47 Å². The molecule has 2 fully saturated rings. The van der Waals surface area contributed by atoms with Crippen LogP contribution in [0.3, 0.4) is 0 Å². The van der Waals surface area contributed by atoms with E-state index in [1.54, 1.807) is 7.11 Å². The molecule has 0 amide bonds. The summed E-state index contributed by atoms with van der Waals surface area (Å²) in [4.78, 5) is 0. The first-order valence-electron chi connectivity index (χ1n) is 6.85. The van der Waals surface area contributed by atoms with Crippen LogP contribution < -0.4 is 10.1 Å². The Morgan fingerprint density at radius 3 is 3.00 bits per heavy atom. The van der Waals surface area contributed by atoms with Crippen molar-refractivity contribution in [3.05, 3.63) is 29.8 Å². The first-order chi connectivity index (χ1) is 8.86. The molecule has 2 atom stereocenters. The van der Waals surface area contributed by atoms with Gasteiger partial charge in [-0.15, -0.1) is 0 Å². The Morgan fingerprint density at radius 1 is 1.33 bits per heavy atom. The summed E-state index contributed by atoms with van der Waals surface area (Å²) in [6.07, 6.45) is 4.30. The monoisotopic (exact) mass is 247 g/mol. The maximum Gasteiger partial charge on any atom is 0.119 e. The fraction of sp³-hybridized carbons (Fsp3) is 0.600. The van der Waals surface area contributed by atoms with Crippen LogP contribution in [0.5, 0.6) is 5.75 Å². The Bertz CT molecular complexity index is 403. The predicted octanol–water partition coefficient (Wildman–Crippen LogP) is 2.35. The highest BCUT2D eigenvalue weighted by Gasteiger charge is 2.40. The van der Waals surface area contributed by atoms with Crippen LogP contribution in [0.25, 0.3) is 0 Å². The van der Waals surface area contributed by atoms with Crippen LogP contribution in [-0.2, 0) is 11.3 Å². The minimum Gasteiger partial charge on any atom is -0.497 e. The SMILES string of the molecule is COc1cccc(CNC2CCOC2C2CC2)c1. The number of hydrogen-bond donors (Lipinski definition) is 1. The Labute approximate surface area is 108 Å². The molecule has 3 nitrogen and oxygen atoms in total. The molecule has 0 radical (unpaired) electrons. The van der Waals surface area contributed by atoms with Gasteiger partial charge in [0.1, 0.15) is 5.75 Å². The molecule has 1 aromatic carbocycles. The van der Waals surface area contributed by atoms with Crippen LogP contribution in [0, 0.1) is 5.92 Å². The van der Waals surface area contributed by atoms with E-state index in [1.165, 1.54) is 18.4 Å². The maximum atomic E-state index is 5.84. The van der Waals surface area contributed by atoms with E-state index in [1.807, 2.05) is 12.1 Å². The molecule has 3 rings (SSSR count). The fourth-order valence-electron chi connectivity index (χ4n) is 2.75. The smallest absolute Gasteiger partial charge is 0.119 e. The average Bonchev–Trinajstić information content (AvgIpc) is 3.15. The van der Waals surface area contributed by atoms with E-state index in [2.05, 4.69) is 17.4 Å². The van der Waals surface area contributed by atoms with Gasteiger partial charge in [0.2, 0.25) is 0 Å². The van der Waals surface area contributed by atoms with Crippen molar-refractivity contribution >= 4 is 0 Å². The van der Waals surface area contributed by atoms with Crippen molar-refractivity contribution in [3.8, 4) is 5.75 Å². The van der Waals surface area contributed by atoms with Crippen molar-refractivity contribution in [2.75, 3.05) is 13.7 Å². The van der Waals surface area contributed by atoms with Crippen molar-refractivity contribution in [2.45, 2.75) is 38.0 Å². The quantitative estimate of drug-likeness (QED) is 0.866. The van der Waals surface area contributed by atoms with Crippen LogP contribution in [-0.4, -0.2) is 25.9 Å². The van der Waals surface area contributed by atoms with E-state index in [0.717, 1.165) is 31.2 Å². The molecule has 1 heterocycles. The lowest BCUT2D eigenvalue weighted by molar-refractivity contribution is 0.0809. The molecule has 1 aliphatic heterocycles. The summed E-state index contributed by atoms with van der Waals surface area (Å²) < 4.78 is 11.1. The molecule has 2 aliphatic rings. The number of methoxy groups -OCH3 is 1. The molecule has 0 bridgehead atoms. The van der Waals surface area contributed by atoms with Crippen molar-refractivity contribution < 1.29 is 9.47 Å². The van der Waals surface area contributed by atoms with Crippen LogP contribution in [0.1, 0.15) is 24.8 Å². The van der Waals surface area contributed by atoms with E-state index in [0.29, 0.717) is 12.1 Å². The number of nitrogens with one attached hydrogen (secondary N) is 1. The first kappa shape index (κ1) is 12.0. The Hall–Kier alpha value is -1.06. The molecule has 1 N–H and O–H groups in total. The lowest BCUT2D eigenvalue weighted by Crippen LogP contribution is -2.37. The Morgan fingerprint density at radius 2 is 2.22 bits per heavy atom. The summed E-state index contributed by atoms with van der Waals surface area (Å²) in [7, 11) is 1.71. The highest BCUT2D eigenvalue weighted by Crippen LogP contribution is 2.38. The Kier molecular flexibility index (Phi) is 3.52. The molecule has 1 aromatic rings. The fourth-order valence-corrected chi connectivity index (χ4v) is 2.75. The molecule has 3 heteroatoms. The van der Waals surface area contributed by atoms with Crippen LogP contribution >= 0.6 is 0 Å². The van der Waals surface area contributed by atoms with Gasteiger partial charge in [0.05, 0.1) is 13.2 Å². The molecule has 18 heavy (non-hydrogen) atoms. The number of rotatable bonds is 5. The molecule has 1 aliphatic carbocycles. The highest BCUT2D eigenvalue weighted by atomic mass is 16.5. The second kappa shape index (κ2) is 5.29. The number of hydrogen-bond acceptors (Lipinski definition) is 3. The number of ether oxygens (including phenoxy) is 2. The average molecular weight is 247 g/mol. The van der Waals surface area contributed by atoms with E-state index >= 15 is 0 Å². The summed E-state index contributed by atoms with van der Waals surface area (Å²) in [5, 5.41) is 3.64. The van der Waals surface area contributed by atoms with Gasteiger partial charge in [-0.05, 0) is 42.9 Å². The first-order valence-corrected chi connectivity index (χ1v) is 6.85. The summed E-state index contributed by atoms with van der Waals surface area (Å²) in [5.41, 5.74) is 1.27. The Balaban J connectivity index is 1.56. The lowest BCUT2D eigenvalue weighted by Gasteiger charge is -2.19. The highest BCUT2D eigenvalue weighted by molar-refractivity contribution is 5.28. The van der Waals surface area contributed by atoms with Crippen molar-refractivity contribution in [3.63, 3.8) is 0 Å².